The van der Waals surface area contributed by atoms with E-state index in [1.54, 1.807) is 11.8 Å². The summed E-state index contributed by atoms with van der Waals surface area (Å²) >= 11 is 1.79. The van der Waals surface area contributed by atoms with E-state index in [9.17, 15) is 0 Å². The molecule has 1 N–H and O–H groups in total. The first-order valence-corrected chi connectivity index (χ1v) is 7.87. The molecule has 1 saturated carbocycles. The molecule has 1 aliphatic carbocycles. The number of hydrogen-bond donors (Lipinski definition) is 1. The van der Waals surface area contributed by atoms with Crippen molar-refractivity contribution in [3.63, 3.8) is 0 Å². The fourth-order valence-electron chi connectivity index (χ4n) is 1.76. The van der Waals surface area contributed by atoms with Crippen molar-refractivity contribution in [3.05, 3.63) is 29.8 Å². The van der Waals surface area contributed by atoms with Crippen molar-refractivity contribution in [2.24, 2.45) is 5.92 Å². The van der Waals surface area contributed by atoms with Gasteiger partial charge in [0.05, 0.1) is 12.5 Å². The number of rotatable bonds is 9. The third-order valence-electron chi connectivity index (χ3n) is 3.01. The van der Waals surface area contributed by atoms with Crippen LogP contribution in [0.25, 0.3) is 0 Å². The van der Waals surface area contributed by atoms with Gasteiger partial charge in [0, 0.05) is 11.4 Å². The zero-order valence-corrected chi connectivity index (χ0v) is 12.0. The molecule has 1 aliphatic rings. The lowest BCUT2D eigenvalue weighted by Crippen LogP contribution is -2.13. The summed E-state index contributed by atoms with van der Waals surface area (Å²) in [5.41, 5.74) is 1.36. The minimum atomic E-state index is 0.780. The van der Waals surface area contributed by atoms with Gasteiger partial charge in [-0.3, -0.25) is 0 Å². The van der Waals surface area contributed by atoms with Gasteiger partial charge in [0.2, 0.25) is 0 Å². The first-order chi connectivity index (χ1) is 8.88. The van der Waals surface area contributed by atoms with E-state index in [1.807, 2.05) is 0 Å². The lowest BCUT2D eigenvalue weighted by molar-refractivity contribution is 0.171. The van der Waals surface area contributed by atoms with Crippen molar-refractivity contribution in [1.29, 1.82) is 0 Å². The standard InChI is InChI=1S/C15H23NOS/c1-2-8-16-10-14-4-3-5-15(9-14)18-12-17-11-13-6-7-13/h3-5,9,13,16H,2,6-8,10-12H2,1H3. The number of ether oxygens (including phenoxy) is 1. The topological polar surface area (TPSA) is 21.3 Å². The molecule has 0 aromatic heterocycles. The van der Waals surface area contributed by atoms with E-state index >= 15 is 0 Å². The zero-order chi connectivity index (χ0) is 12.6. The van der Waals surface area contributed by atoms with Gasteiger partial charge in [0.1, 0.15) is 0 Å². The molecule has 0 bridgehead atoms. The molecule has 1 fully saturated rings. The molecule has 0 heterocycles. The Kier molecular flexibility index (Phi) is 6.05. The Labute approximate surface area is 114 Å². The summed E-state index contributed by atoms with van der Waals surface area (Å²) in [5, 5.41) is 3.43. The summed E-state index contributed by atoms with van der Waals surface area (Å²) < 4.78 is 5.65. The molecular formula is C15H23NOS. The van der Waals surface area contributed by atoms with Gasteiger partial charge in [-0.25, -0.2) is 0 Å². The van der Waals surface area contributed by atoms with Crippen LogP contribution in [0.1, 0.15) is 31.7 Å². The summed E-state index contributed by atoms with van der Waals surface area (Å²) in [5.74, 6) is 1.64. The highest BCUT2D eigenvalue weighted by Gasteiger charge is 2.20. The van der Waals surface area contributed by atoms with Gasteiger partial charge in [0.25, 0.3) is 0 Å². The van der Waals surface area contributed by atoms with Gasteiger partial charge >= 0.3 is 0 Å². The van der Waals surface area contributed by atoms with E-state index in [2.05, 4.69) is 36.5 Å². The maximum Gasteiger partial charge on any atom is 0.0967 e. The molecule has 0 atom stereocenters. The largest absolute Gasteiger partial charge is 0.370 e. The number of benzene rings is 1. The van der Waals surface area contributed by atoms with Gasteiger partial charge in [-0.2, -0.15) is 0 Å². The van der Waals surface area contributed by atoms with Gasteiger partial charge in [-0.1, -0.05) is 30.8 Å². The Hall–Kier alpha value is -0.510. The highest BCUT2D eigenvalue weighted by Crippen LogP contribution is 2.29. The van der Waals surface area contributed by atoms with E-state index < -0.39 is 0 Å². The third kappa shape index (κ3) is 5.42. The molecular weight excluding hydrogens is 242 g/mol. The predicted molar refractivity (Wildman–Crippen MR) is 77.8 cm³/mol. The van der Waals surface area contributed by atoms with Crippen LogP contribution >= 0.6 is 11.8 Å². The summed E-state index contributed by atoms with van der Waals surface area (Å²) in [4.78, 5) is 1.31. The van der Waals surface area contributed by atoms with E-state index in [4.69, 9.17) is 4.74 Å². The lowest BCUT2D eigenvalue weighted by atomic mass is 10.2. The van der Waals surface area contributed by atoms with E-state index in [-0.39, 0.29) is 0 Å². The normalized spacial score (nSPS) is 14.9. The van der Waals surface area contributed by atoms with Crippen molar-refractivity contribution in [2.75, 3.05) is 19.1 Å². The number of thioether (sulfide) groups is 1. The van der Waals surface area contributed by atoms with E-state index in [0.717, 1.165) is 31.6 Å². The third-order valence-corrected chi connectivity index (χ3v) is 3.89. The van der Waals surface area contributed by atoms with Crippen molar-refractivity contribution in [3.8, 4) is 0 Å². The Balaban J connectivity index is 1.68. The Bertz CT molecular complexity index is 352. The monoisotopic (exact) mass is 265 g/mol. The van der Waals surface area contributed by atoms with Crippen LogP contribution < -0.4 is 5.32 Å². The summed E-state index contributed by atoms with van der Waals surface area (Å²) in [6.07, 6.45) is 3.91. The zero-order valence-electron chi connectivity index (χ0n) is 11.2. The van der Waals surface area contributed by atoms with Gasteiger partial charge in [-0.15, -0.1) is 0 Å². The van der Waals surface area contributed by atoms with Crippen LogP contribution in [0.5, 0.6) is 0 Å². The molecule has 0 radical (unpaired) electrons. The van der Waals surface area contributed by atoms with Gasteiger partial charge in [0.15, 0.2) is 0 Å². The minimum Gasteiger partial charge on any atom is -0.370 e. The van der Waals surface area contributed by atoms with E-state index in [1.165, 1.54) is 29.7 Å². The summed E-state index contributed by atoms with van der Waals surface area (Å²) in [7, 11) is 0. The molecule has 3 heteroatoms. The molecule has 0 amide bonds. The molecule has 0 saturated heterocycles. The second-order valence-electron chi connectivity index (χ2n) is 4.90. The first kappa shape index (κ1) is 13.9. The fourth-order valence-corrected chi connectivity index (χ4v) is 2.49. The first-order valence-electron chi connectivity index (χ1n) is 6.88. The molecule has 100 valence electrons. The Morgan fingerprint density at radius 3 is 3.06 bits per heavy atom. The smallest absolute Gasteiger partial charge is 0.0967 e. The van der Waals surface area contributed by atoms with Gasteiger partial charge < -0.3 is 10.1 Å². The number of hydrogen-bond acceptors (Lipinski definition) is 3. The number of nitrogens with one attached hydrogen (secondary N) is 1. The van der Waals surface area contributed by atoms with Crippen LogP contribution in [-0.4, -0.2) is 19.1 Å². The van der Waals surface area contributed by atoms with E-state index in [0.29, 0.717) is 0 Å². The molecule has 0 unspecified atom stereocenters. The molecule has 0 spiro atoms. The second kappa shape index (κ2) is 7.82. The highest BCUT2D eigenvalue weighted by atomic mass is 32.2. The van der Waals surface area contributed by atoms with Crippen LogP contribution in [0, 0.1) is 5.92 Å². The quantitative estimate of drug-likeness (QED) is 0.418. The van der Waals surface area contributed by atoms with Crippen LogP contribution in [0.4, 0.5) is 0 Å². The van der Waals surface area contributed by atoms with Crippen LogP contribution in [-0.2, 0) is 11.3 Å². The van der Waals surface area contributed by atoms with Crippen LogP contribution in [0.2, 0.25) is 0 Å². The minimum absolute atomic E-state index is 0.780. The summed E-state index contributed by atoms with van der Waals surface area (Å²) in [6.45, 7) is 5.19. The fraction of sp³-hybridized carbons (Fsp3) is 0.600. The van der Waals surface area contributed by atoms with Crippen LogP contribution in [0.15, 0.2) is 29.2 Å². The summed E-state index contributed by atoms with van der Waals surface area (Å²) in [6, 6.07) is 8.73. The SMILES string of the molecule is CCCNCc1cccc(SCOCC2CC2)c1. The molecule has 0 aliphatic heterocycles. The highest BCUT2D eigenvalue weighted by molar-refractivity contribution is 7.99. The second-order valence-corrected chi connectivity index (χ2v) is 5.90. The lowest BCUT2D eigenvalue weighted by Gasteiger charge is -2.07. The maximum absolute atomic E-state index is 5.65. The van der Waals surface area contributed by atoms with Crippen molar-refractivity contribution >= 4 is 11.8 Å². The van der Waals surface area contributed by atoms with Crippen molar-refractivity contribution in [1.82, 2.24) is 5.32 Å². The molecule has 18 heavy (non-hydrogen) atoms. The molecule has 2 nitrogen and oxygen atoms in total. The maximum atomic E-state index is 5.65. The average molecular weight is 265 g/mol. The predicted octanol–water partition coefficient (Wildman–Crippen LogP) is 3.66. The van der Waals surface area contributed by atoms with Gasteiger partial charge in [-0.05, 0) is 49.4 Å². The Morgan fingerprint density at radius 1 is 1.39 bits per heavy atom. The van der Waals surface area contributed by atoms with Crippen LogP contribution in [0.3, 0.4) is 0 Å². The van der Waals surface area contributed by atoms with Crippen molar-refractivity contribution in [2.45, 2.75) is 37.6 Å². The molecule has 1 aromatic carbocycles. The molecule has 1 aromatic rings. The van der Waals surface area contributed by atoms with Crippen molar-refractivity contribution < 1.29 is 4.74 Å². The Morgan fingerprint density at radius 2 is 2.28 bits per heavy atom. The average Bonchev–Trinajstić information content (AvgIpc) is 3.20. The molecule has 2 rings (SSSR count).